The molecule has 4 rings (SSSR count). The van der Waals surface area contributed by atoms with E-state index in [0.717, 1.165) is 0 Å². The molecule has 0 saturated carbocycles. The van der Waals surface area contributed by atoms with Crippen LogP contribution in [0.5, 0.6) is 5.75 Å². The molecule has 1 aliphatic rings. The van der Waals surface area contributed by atoms with Crippen molar-refractivity contribution in [2.45, 2.75) is 6.29 Å². The number of phenolic OH excluding ortho intramolecular Hbond substituents is 1. The molecular weight excluding hydrogens is 374 g/mol. The second-order valence-corrected chi connectivity index (χ2v) is 6.74. The van der Waals surface area contributed by atoms with E-state index in [4.69, 9.17) is 0 Å². The summed E-state index contributed by atoms with van der Waals surface area (Å²) in [5.41, 5.74) is 1.68. The van der Waals surface area contributed by atoms with Gasteiger partial charge in [0.25, 0.3) is 0 Å². The predicted molar refractivity (Wildman–Crippen MR) is 108 cm³/mol. The maximum Gasteiger partial charge on any atom is 0.321 e. The Morgan fingerprint density at radius 3 is 2.55 bits per heavy atom. The summed E-state index contributed by atoms with van der Waals surface area (Å²) in [5, 5.41) is 31.6. The molecule has 0 spiro atoms. The molecule has 1 saturated heterocycles. The van der Waals surface area contributed by atoms with Crippen molar-refractivity contribution in [1.29, 1.82) is 0 Å². The number of hydrogen-bond donors (Lipinski definition) is 4. The predicted octanol–water partition coefficient (Wildman–Crippen LogP) is 1.67. The van der Waals surface area contributed by atoms with Crippen LogP contribution in [0.2, 0.25) is 0 Å². The molecule has 4 N–H and O–H groups in total. The quantitative estimate of drug-likeness (QED) is 0.498. The van der Waals surface area contributed by atoms with Gasteiger partial charge in [-0.15, -0.1) is 0 Å². The summed E-state index contributed by atoms with van der Waals surface area (Å²) >= 11 is 0. The molecule has 2 amide bonds. The molecule has 9 heteroatoms. The third kappa shape index (κ3) is 3.91. The lowest BCUT2D eigenvalue weighted by Gasteiger charge is -2.35. The van der Waals surface area contributed by atoms with E-state index in [1.54, 1.807) is 53.6 Å². The van der Waals surface area contributed by atoms with Crippen LogP contribution in [0.4, 0.5) is 16.3 Å². The number of anilines is 2. The van der Waals surface area contributed by atoms with Crippen molar-refractivity contribution >= 4 is 28.6 Å². The maximum atomic E-state index is 12.6. The SMILES string of the molecule is O=C(Nc1ccccc1C(O)O)N1CCN(c2cnc3cccc(O)c3n2)CC1. The van der Waals surface area contributed by atoms with Crippen LogP contribution in [0.1, 0.15) is 11.9 Å². The number of urea groups is 1. The number of nitrogens with zero attached hydrogens (tertiary/aromatic N) is 4. The number of carbonyl (C=O) groups is 1. The lowest BCUT2D eigenvalue weighted by atomic mass is 10.1. The van der Waals surface area contributed by atoms with Crippen molar-refractivity contribution < 1.29 is 20.1 Å². The van der Waals surface area contributed by atoms with Crippen LogP contribution >= 0.6 is 0 Å². The fourth-order valence-corrected chi connectivity index (χ4v) is 3.33. The Bertz CT molecular complexity index is 1030. The van der Waals surface area contributed by atoms with E-state index < -0.39 is 6.29 Å². The number of benzene rings is 2. The molecule has 3 aromatic rings. The summed E-state index contributed by atoms with van der Waals surface area (Å²) < 4.78 is 0. The van der Waals surface area contributed by atoms with Crippen molar-refractivity contribution in [3.63, 3.8) is 0 Å². The third-order valence-corrected chi connectivity index (χ3v) is 4.91. The maximum absolute atomic E-state index is 12.6. The third-order valence-electron chi connectivity index (χ3n) is 4.91. The summed E-state index contributed by atoms with van der Waals surface area (Å²) in [4.78, 5) is 25.1. The highest BCUT2D eigenvalue weighted by atomic mass is 16.5. The molecule has 2 heterocycles. The number of para-hydroxylation sites is 2. The van der Waals surface area contributed by atoms with Crippen LogP contribution in [0.15, 0.2) is 48.7 Å². The zero-order chi connectivity index (χ0) is 20.4. The van der Waals surface area contributed by atoms with Crippen molar-refractivity contribution in [1.82, 2.24) is 14.9 Å². The molecule has 0 radical (unpaired) electrons. The first-order valence-electron chi connectivity index (χ1n) is 9.23. The minimum Gasteiger partial charge on any atom is -0.506 e. The number of aromatic nitrogens is 2. The van der Waals surface area contributed by atoms with E-state index in [-0.39, 0.29) is 17.3 Å². The van der Waals surface area contributed by atoms with E-state index in [1.807, 2.05) is 4.90 Å². The molecule has 2 aromatic carbocycles. The number of aromatic hydroxyl groups is 1. The molecular formula is C20H21N5O4. The number of aliphatic hydroxyl groups is 2. The number of carbonyl (C=O) groups excluding carboxylic acids is 1. The molecule has 0 aliphatic carbocycles. The van der Waals surface area contributed by atoms with Gasteiger partial charge in [-0.1, -0.05) is 24.3 Å². The van der Waals surface area contributed by atoms with Gasteiger partial charge in [-0.3, -0.25) is 4.98 Å². The number of rotatable bonds is 3. The summed E-state index contributed by atoms with van der Waals surface area (Å²) in [6, 6.07) is 11.3. The Morgan fingerprint density at radius 2 is 1.79 bits per heavy atom. The largest absolute Gasteiger partial charge is 0.506 e. The van der Waals surface area contributed by atoms with Gasteiger partial charge in [-0.2, -0.15) is 0 Å². The zero-order valence-corrected chi connectivity index (χ0v) is 15.6. The molecule has 1 aromatic heterocycles. The molecule has 9 nitrogen and oxygen atoms in total. The second-order valence-electron chi connectivity index (χ2n) is 6.74. The lowest BCUT2D eigenvalue weighted by Crippen LogP contribution is -2.50. The molecule has 1 aliphatic heterocycles. The Balaban J connectivity index is 1.42. The number of aliphatic hydroxyl groups excluding tert-OH is 1. The highest BCUT2D eigenvalue weighted by molar-refractivity contribution is 5.90. The van der Waals surface area contributed by atoms with Crippen LogP contribution in [0, 0.1) is 0 Å². The van der Waals surface area contributed by atoms with Crippen LogP contribution in [0.25, 0.3) is 11.0 Å². The van der Waals surface area contributed by atoms with Crippen molar-refractivity contribution in [3.05, 3.63) is 54.2 Å². The van der Waals surface area contributed by atoms with Crippen LogP contribution in [0.3, 0.4) is 0 Å². The first kappa shape index (κ1) is 18.9. The van der Waals surface area contributed by atoms with Crippen molar-refractivity contribution in [2.24, 2.45) is 0 Å². The summed E-state index contributed by atoms with van der Waals surface area (Å²) in [6.45, 7) is 2.06. The van der Waals surface area contributed by atoms with Gasteiger partial charge in [0.05, 0.1) is 17.4 Å². The first-order chi connectivity index (χ1) is 14.0. The summed E-state index contributed by atoms with van der Waals surface area (Å²) in [6.07, 6.45) is 0.00219. The fourth-order valence-electron chi connectivity index (χ4n) is 3.33. The van der Waals surface area contributed by atoms with Crippen LogP contribution in [-0.4, -0.2) is 62.4 Å². The molecule has 0 atom stereocenters. The van der Waals surface area contributed by atoms with Crippen molar-refractivity contribution in [2.75, 3.05) is 36.4 Å². The number of hydrogen-bond acceptors (Lipinski definition) is 7. The molecule has 0 bridgehead atoms. The zero-order valence-electron chi connectivity index (χ0n) is 15.6. The van der Waals surface area contributed by atoms with Gasteiger partial charge in [0.1, 0.15) is 17.1 Å². The van der Waals surface area contributed by atoms with Crippen LogP contribution < -0.4 is 10.2 Å². The molecule has 29 heavy (non-hydrogen) atoms. The van der Waals surface area contributed by atoms with Crippen LogP contribution in [-0.2, 0) is 0 Å². The van der Waals surface area contributed by atoms with E-state index >= 15 is 0 Å². The lowest BCUT2D eigenvalue weighted by molar-refractivity contribution is -0.0418. The minimum absolute atomic E-state index is 0.0830. The number of fused-ring (bicyclic) bond motifs is 1. The number of amides is 2. The molecule has 150 valence electrons. The summed E-state index contributed by atoms with van der Waals surface area (Å²) in [5.74, 6) is 0.729. The standard InChI is InChI=1S/C20H21N5O4/c26-16-7-3-6-15-18(16)23-17(12-21-15)24-8-10-25(11-9-24)20(29)22-14-5-2-1-4-13(14)19(27)28/h1-7,12,19,26-28H,8-11H2,(H,22,29). The Kier molecular flexibility index (Phi) is 5.15. The van der Waals surface area contributed by atoms with E-state index in [0.29, 0.717) is 48.7 Å². The Labute approximate surface area is 166 Å². The monoisotopic (exact) mass is 395 g/mol. The Hall–Kier alpha value is -3.43. The topological polar surface area (TPSA) is 122 Å². The minimum atomic E-state index is -1.66. The average molecular weight is 395 g/mol. The van der Waals surface area contributed by atoms with Crippen molar-refractivity contribution in [3.8, 4) is 5.75 Å². The highest BCUT2D eigenvalue weighted by Gasteiger charge is 2.23. The molecule has 0 unspecified atom stereocenters. The average Bonchev–Trinajstić information content (AvgIpc) is 2.74. The van der Waals surface area contributed by atoms with Gasteiger partial charge < -0.3 is 30.4 Å². The van der Waals surface area contributed by atoms with E-state index in [2.05, 4.69) is 15.3 Å². The fraction of sp³-hybridized carbons (Fsp3) is 0.250. The second kappa shape index (κ2) is 7.90. The number of piperazine rings is 1. The van der Waals surface area contributed by atoms with Gasteiger partial charge in [0.2, 0.25) is 0 Å². The van der Waals surface area contributed by atoms with Gasteiger partial charge in [-0.25, -0.2) is 9.78 Å². The number of phenols is 1. The summed E-state index contributed by atoms with van der Waals surface area (Å²) in [7, 11) is 0. The van der Waals surface area contributed by atoms with Gasteiger partial charge >= 0.3 is 6.03 Å². The van der Waals surface area contributed by atoms with E-state index in [9.17, 15) is 20.1 Å². The van der Waals surface area contributed by atoms with Gasteiger partial charge in [-0.05, 0) is 18.2 Å². The molecule has 1 fully saturated rings. The number of nitrogens with one attached hydrogen (secondary N) is 1. The normalized spacial score (nSPS) is 14.4. The Morgan fingerprint density at radius 1 is 1.03 bits per heavy atom. The van der Waals surface area contributed by atoms with Gasteiger partial charge in [0.15, 0.2) is 6.29 Å². The first-order valence-corrected chi connectivity index (χ1v) is 9.23. The van der Waals surface area contributed by atoms with E-state index in [1.165, 1.54) is 0 Å². The smallest absolute Gasteiger partial charge is 0.321 e. The highest BCUT2D eigenvalue weighted by Crippen LogP contribution is 2.24. The van der Waals surface area contributed by atoms with Gasteiger partial charge in [0, 0.05) is 31.7 Å².